The molecule has 0 bridgehead atoms. The topological polar surface area (TPSA) is 20.2 Å². The third-order valence-corrected chi connectivity index (χ3v) is 3.54. The molecule has 2 rings (SSSR count). The van der Waals surface area contributed by atoms with E-state index < -0.39 is 0 Å². The molecule has 0 amide bonds. The van der Waals surface area contributed by atoms with Crippen molar-refractivity contribution in [2.75, 3.05) is 0 Å². The molecule has 2 aliphatic rings. The minimum absolute atomic E-state index is 0.0500. The Morgan fingerprint density at radius 2 is 1.55 bits per heavy atom. The van der Waals surface area contributed by atoms with Crippen molar-refractivity contribution in [1.82, 2.24) is 0 Å². The average Bonchev–Trinajstić information content (AvgIpc) is 2.06. The smallest absolute Gasteiger partial charge is 0.0571 e. The zero-order valence-corrected chi connectivity index (χ0v) is 7.13. The summed E-state index contributed by atoms with van der Waals surface area (Å²) in [6, 6.07) is 0. The van der Waals surface area contributed by atoms with Gasteiger partial charge in [-0.05, 0) is 31.1 Å². The summed E-state index contributed by atoms with van der Waals surface area (Å²) in [6.45, 7) is 0. The van der Waals surface area contributed by atoms with E-state index in [0.29, 0.717) is 5.92 Å². The molecule has 0 aromatic rings. The highest BCUT2D eigenvalue weighted by Gasteiger charge is 2.33. The Hall–Kier alpha value is -0.0400. The summed E-state index contributed by atoms with van der Waals surface area (Å²) in [6.07, 6.45) is 9.24. The van der Waals surface area contributed by atoms with Gasteiger partial charge >= 0.3 is 0 Å². The van der Waals surface area contributed by atoms with Gasteiger partial charge in [0.05, 0.1) is 6.10 Å². The minimum Gasteiger partial charge on any atom is -0.393 e. The first-order valence-electron chi connectivity index (χ1n) is 5.06. The van der Waals surface area contributed by atoms with Crippen molar-refractivity contribution < 1.29 is 5.11 Å². The van der Waals surface area contributed by atoms with E-state index in [1.54, 1.807) is 0 Å². The molecule has 1 N–H and O–H groups in total. The molecule has 2 saturated carbocycles. The predicted molar refractivity (Wildman–Crippen MR) is 45.3 cm³/mol. The van der Waals surface area contributed by atoms with Crippen molar-refractivity contribution in [3.8, 4) is 0 Å². The lowest BCUT2D eigenvalue weighted by molar-refractivity contribution is 0.0105. The van der Waals surface area contributed by atoms with Crippen LogP contribution in [-0.2, 0) is 0 Å². The number of aliphatic hydroxyl groups excluding tert-OH is 1. The van der Waals surface area contributed by atoms with Crippen LogP contribution in [0, 0.1) is 11.8 Å². The summed E-state index contributed by atoms with van der Waals surface area (Å²) in [5.41, 5.74) is 0. The van der Waals surface area contributed by atoms with Gasteiger partial charge in [0.15, 0.2) is 0 Å². The zero-order valence-electron chi connectivity index (χ0n) is 7.13. The van der Waals surface area contributed by atoms with Crippen LogP contribution in [0.25, 0.3) is 0 Å². The van der Waals surface area contributed by atoms with Crippen molar-refractivity contribution in [1.29, 1.82) is 0 Å². The molecule has 0 saturated heterocycles. The van der Waals surface area contributed by atoms with Gasteiger partial charge in [-0.1, -0.05) is 25.7 Å². The van der Waals surface area contributed by atoms with Gasteiger partial charge in [-0.15, -0.1) is 0 Å². The fourth-order valence-corrected chi connectivity index (χ4v) is 2.90. The number of hydrogen-bond acceptors (Lipinski definition) is 1. The van der Waals surface area contributed by atoms with E-state index in [2.05, 4.69) is 0 Å². The van der Waals surface area contributed by atoms with Crippen molar-refractivity contribution in [3.05, 3.63) is 0 Å². The number of rotatable bonds is 0. The molecule has 1 heteroatoms. The van der Waals surface area contributed by atoms with Gasteiger partial charge in [0.25, 0.3) is 0 Å². The fourth-order valence-electron chi connectivity index (χ4n) is 2.90. The van der Waals surface area contributed by atoms with Gasteiger partial charge in [0.2, 0.25) is 0 Å². The molecule has 0 spiro atoms. The van der Waals surface area contributed by atoms with Crippen molar-refractivity contribution in [2.24, 2.45) is 11.8 Å². The highest BCUT2D eigenvalue weighted by atomic mass is 16.3. The second-order valence-electron chi connectivity index (χ2n) is 4.21. The Labute approximate surface area is 68.8 Å². The largest absolute Gasteiger partial charge is 0.393 e. The average molecular weight is 154 g/mol. The monoisotopic (exact) mass is 154 g/mol. The second kappa shape index (κ2) is 3.14. The molecule has 0 aromatic carbocycles. The molecule has 11 heavy (non-hydrogen) atoms. The summed E-state index contributed by atoms with van der Waals surface area (Å²) < 4.78 is 0. The van der Waals surface area contributed by atoms with Crippen LogP contribution in [0.1, 0.15) is 44.9 Å². The molecule has 2 aliphatic carbocycles. The Kier molecular flexibility index (Phi) is 2.17. The van der Waals surface area contributed by atoms with Gasteiger partial charge < -0.3 is 5.11 Å². The molecule has 0 radical (unpaired) electrons. The van der Waals surface area contributed by atoms with E-state index in [1.807, 2.05) is 0 Å². The summed E-state index contributed by atoms with van der Waals surface area (Å²) in [4.78, 5) is 0. The summed E-state index contributed by atoms with van der Waals surface area (Å²) in [5, 5.41) is 9.70. The summed E-state index contributed by atoms with van der Waals surface area (Å²) in [5.74, 6) is 1.56. The Balaban J connectivity index is 1.99. The lowest BCUT2D eigenvalue weighted by Gasteiger charge is -2.38. The van der Waals surface area contributed by atoms with Gasteiger partial charge in [-0.3, -0.25) is 0 Å². The van der Waals surface area contributed by atoms with Crippen molar-refractivity contribution >= 4 is 0 Å². The van der Waals surface area contributed by atoms with Gasteiger partial charge in [-0.2, -0.15) is 0 Å². The Morgan fingerprint density at radius 3 is 2.36 bits per heavy atom. The Bertz CT molecular complexity index is 131. The third-order valence-electron chi connectivity index (χ3n) is 3.54. The van der Waals surface area contributed by atoms with Crippen LogP contribution >= 0.6 is 0 Å². The molecular formula is C10H18O. The third kappa shape index (κ3) is 1.44. The van der Waals surface area contributed by atoms with Crippen LogP contribution in [0.15, 0.2) is 0 Å². The lowest BCUT2D eigenvalue weighted by atomic mass is 9.69. The van der Waals surface area contributed by atoms with Crippen molar-refractivity contribution in [3.63, 3.8) is 0 Å². The Morgan fingerprint density at radius 1 is 0.818 bits per heavy atom. The van der Waals surface area contributed by atoms with E-state index >= 15 is 0 Å². The van der Waals surface area contributed by atoms with Gasteiger partial charge in [0.1, 0.15) is 0 Å². The van der Waals surface area contributed by atoms with E-state index in [1.165, 1.54) is 38.5 Å². The number of hydrogen-bond donors (Lipinski definition) is 1. The van der Waals surface area contributed by atoms with E-state index in [4.69, 9.17) is 0 Å². The quantitative estimate of drug-likeness (QED) is 0.568. The highest BCUT2D eigenvalue weighted by Crippen LogP contribution is 2.40. The lowest BCUT2D eigenvalue weighted by Crippen LogP contribution is -2.34. The van der Waals surface area contributed by atoms with Gasteiger partial charge in [0, 0.05) is 0 Å². The summed E-state index contributed by atoms with van der Waals surface area (Å²) in [7, 11) is 0. The maximum atomic E-state index is 9.70. The molecule has 3 atom stereocenters. The maximum absolute atomic E-state index is 9.70. The normalized spacial score (nSPS) is 45.0. The van der Waals surface area contributed by atoms with Crippen molar-refractivity contribution in [2.45, 2.75) is 51.0 Å². The minimum atomic E-state index is 0.0500. The van der Waals surface area contributed by atoms with Crippen LogP contribution in [0.4, 0.5) is 0 Å². The molecule has 2 fully saturated rings. The molecule has 1 nitrogen and oxygen atoms in total. The second-order valence-corrected chi connectivity index (χ2v) is 4.21. The van der Waals surface area contributed by atoms with E-state index in [-0.39, 0.29) is 6.10 Å². The van der Waals surface area contributed by atoms with Crippen LogP contribution in [0.3, 0.4) is 0 Å². The molecule has 1 unspecified atom stereocenters. The molecule has 0 aliphatic heterocycles. The van der Waals surface area contributed by atoms with Crippen LogP contribution in [-0.4, -0.2) is 11.2 Å². The standard InChI is InChI=1S/C10H18O/c11-10-7-3-5-8-4-1-2-6-9(8)10/h8-11H,1-7H2/t8-,9?,10+/m1/s1. The van der Waals surface area contributed by atoms with Gasteiger partial charge in [-0.25, -0.2) is 0 Å². The fraction of sp³-hybridized carbons (Fsp3) is 1.00. The van der Waals surface area contributed by atoms with E-state index in [9.17, 15) is 5.11 Å². The molecule has 0 aromatic heterocycles. The van der Waals surface area contributed by atoms with Crippen LogP contribution in [0.5, 0.6) is 0 Å². The SMILES string of the molecule is O[C@H]1CCC[C@H]2CCCCC21. The molecular weight excluding hydrogens is 136 g/mol. The first-order valence-corrected chi connectivity index (χ1v) is 5.06. The highest BCUT2D eigenvalue weighted by molar-refractivity contribution is 4.84. The first kappa shape index (κ1) is 7.60. The summed E-state index contributed by atoms with van der Waals surface area (Å²) >= 11 is 0. The molecule has 0 heterocycles. The predicted octanol–water partition coefficient (Wildman–Crippen LogP) is 2.34. The maximum Gasteiger partial charge on any atom is 0.0571 e. The van der Waals surface area contributed by atoms with E-state index in [0.717, 1.165) is 12.3 Å². The number of aliphatic hydroxyl groups is 1. The van der Waals surface area contributed by atoms with Crippen LogP contribution < -0.4 is 0 Å². The first-order chi connectivity index (χ1) is 5.38. The molecule has 64 valence electrons. The number of fused-ring (bicyclic) bond motifs is 1. The zero-order chi connectivity index (χ0) is 7.68. The van der Waals surface area contributed by atoms with Crippen LogP contribution in [0.2, 0.25) is 0 Å².